The van der Waals surface area contributed by atoms with E-state index in [1.54, 1.807) is 24.3 Å². The average molecular weight is 347 g/mol. The minimum Gasteiger partial charge on any atom is -0.272 e. The Bertz CT molecular complexity index is 797. The first kappa shape index (κ1) is 16.9. The van der Waals surface area contributed by atoms with Crippen LogP contribution in [0, 0.1) is 18.8 Å². The van der Waals surface area contributed by atoms with E-state index in [9.17, 15) is 13.2 Å². The molecule has 0 unspecified atom stereocenters. The van der Waals surface area contributed by atoms with E-state index in [4.69, 9.17) is 0 Å². The van der Waals surface area contributed by atoms with Gasteiger partial charge >= 0.3 is 0 Å². The van der Waals surface area contributed by atoms with Gasteiger partial charge in [-0.15, -0.1) is 0 Å². The van der Waals surface area contributed by atoms with Crippen LogP contribution >= 0.6 is 0 Å². The van der Waals surface area contributed by atoms with E-state index in [1.165, 1.54) is 7.05 Å². The number of amides is 1. The molecule has 0 saturated heterocycles. The molecule has 1 N–H and O–H groups in total. The van der Waals surface area contributed by atoms with Crippen LogP contribution in [-0.2, 0) is 14.8 Å². The lowest BCUT2D eigenvalue weighted by Gasteiger charge is -2.31. The van der Waals surface area contributed by atoms with E-state index in [-0.39, 0.29) is 11.4 Å². The number of carbonyl (C=O) groups is 1. The zero-order valence-corrected chi connectivity index (χ0v) is 14.6. The molecule has 24 heavy (non-hydrogen) atoms. The fraction of sp³-hybridized carbons (Fsp3) is 0.412. The van der Waals surface area contributed by atoms with E-state index < -0.39 is 15.9 Å². The molecular formula is C17H21N3O3S. The van der Waals surface area contributed by atoms with Crippen molar-refractivity contribution in [3.63, 3.8) is 0 Å². The Morgan fingerprint density at radius 1 is 1.33 bits per heavy atom. The summed E-state index contributed by atoms with van der Waals surface area (Å²) in [5.74, 6) is 0.541. The highest BCUT2D eigenvalue weighted by atomic mass is 32.2. The Labute approximate surface area is 142 Å². The van der Waals surface area contributed by atoms with Gasteiger partial charge in [-0.2, -0.15) is 9.41 Å². The van der Waals surface area contributed by atoms with Crippen molar-refractivity contribution in [1.82, 2.24) is 9.73 Å². The summed E-state index contributed by atoms with van der Waals surface area (Å²) in [6, 6.07) is 6.55. The highest BCUT2D eigenvalue weighted by Gasteiger charge is 2.38. The molecule has 1 amide bonds. The maximum Gasteiger partial charge on any atom is 0.255 e. The smallest absolute Gasteiger partial charge is 0.255 e. The molecule has 2 aliphatic carbocycles. The first-order chi connectivity index (χ1) is 11.4. The molecule has 2 atom stereocenters. The molecule has 1 saturated carbocycles. The van der Waals surface area contributed by atoms with Crippen LogP contribution in [0.2, 0.25) is 0 Å². The molecule has 0 bridgehead atoms. The quantitative estimate of drug-likeness (QED) is 0.650. The van der Waals surface area contributed by atoms with Crippen molar-refractivity contribution in [2.45, 2.75) is 24.7 Å². The summed E-state index contributed by atoms with van der Waals surface area (Å²) in [7, 11) is -2.29. The first-order valence-electron chi connectivity index (χ1n) is 7.93. The highest BCUT2D eigenvalue weighted by molar-refractivity contribution is 7.89. The van der Waals surface area contributed by atoms with Gasteiger partial charge in [-0.1, -0.05) is 29.8 Å². The third-order valence-electron chi connectivity index (χ3n) is 4.58. The third-order valence-corrected chi connectivity index (χ3v) is 6.40. The van der Waals surface area contributed by atoms with Gasteiger partial charge in [0.05, 0.1) is 11.4 Å². The van der Waals surface area contributed by atoms with Gasteiger partial charge in [0.2, 0.25) is 10.0 Å². The van der Waals surface area contributed by atoms with Gasteiger partial charge in [0, 0.05) is 18.7 Å². The van der Waals surface area contributed by atoms with Gasteiger partial charge in [0.1, 0.15) is 0 Å². The molecule has 7 heteroatoms. The summed E-state index contributed by atoms with van der Waals surface area (Å²) >= 11 is 0. The van der Waals surface area contributed by atoms with Gasteiger partial charge in [-0.25, -0.2) is 13.8 Å². The molecule has 0 aromatic heterocycles. The zero-order valence-electron chi connectivity index (χ0n) is 13.8. The number of sulfonamides is 1. The molecule has 2 aliphatic rings. The van der Waals surface area contributed by atoms with Crippen LogP contribution in [0.15, 0.2) is 46.4 Å². The second-order valence-electron chi connectivity index (χ2n) is 6.35. The number of allylic oxidation sites excluding steroid dienone is 2. The molecule has 0 heterocycles. The van der Waals surface area contributed by atoms with Crippen LogP contribution < -0.4 is 5.43 Å². The van der Waals surface area contributed by atoms with Crippen molar-refractivity contribution in [2.75, 3.05) is 13.6 Å². The minimum atomic E-state index is -3.68. The molecule has 1 fully saturated rings. The van der Waals surface area contributed by atoms with E-state index >= 15 is 0 Å². The second-order valence-corrected chi connectivity index (χ2v) is 8.40. The van der Waals surface area contributed by atoms with Crippen LogP contribution in [0.5, 0.6) is 0 Å². The van der Waals surface area contributed by atoms with Gasteiger partial charge < -0.3 is 0 Å². The highest BCUT2D eigenvalue weighted by Crippen LogP contribution is 2.40. The summed E-state index contributed by atoms with van der Waals surface area (Å²) in [5.41, 5.74) is 4.44. The molecule has 1 aromatic rings. The maximum atomic E-state index is 12.4. The largest absolute Gasteiger partial charge is 0.272 e. The molecule has 0 radical (unpaired) electrons. The number of fused-ring (bicyclic) bond motifs is 1. The number of hydrogen-bond acceptors (Lipinski definition) is 4. The van der Waals surface area contributed by atoms with E-state index in [2.05, 4.69) is 22.7 Å². The van der Waals surface area contributed by atoms with Crippen LogP contribution in [0.4, 0.5) is 0 Å². The van der Waals surface area contributed by atoms with Crippen molar-refractivity contribution >= 4 is 21.6 Å². The number of aryl methyl sites for hydroxylation is 1. The molecule has 3 rings (SSSR count). The second kappa shape index (κ2) is 6.49. The zero-order chi connectivity index (χ0) is 17.3. The Morgan fingerprint density at radius 2 is 2.04 bits per heavy atom. The van der Waals surface area contributed by atoms with Crippen molar-refractivity contribution in [2.24, 2.45) is 16.9 Å². The van der Waals surface area contributed by atoms with Crippen LogP contribution in [0.25, 0.3) is 0 Å². The van der Waals surface area contributed by atoms with Crippen LogP contribution in [0.1, 0.15) is 18.4 Å². The fourth-order valence-corrected chi connectivity index (χ4v) is 4.14. The standard InChI is InChI=1S/C17H21N3O3S/c1-12-6-8-14(9-7-12)24(22,23)20(2)11-17(21)19-18-16-10-13-4-3-5-15(13)16/h3-4,6-9,13,15H,5,10-11H2,1-2H3,(H,19,21)/b18-16-/t13-,15-/m0/s1. The lowest BCUT2D eigenvalue weighted by Crippen LogP contribution is -2.39. The molecule has 0 aliphatic heterocycles. The van der Waals surface area contributed by atoms with Crippen LogP contribution in [-0.4, -0.2) is 37.9 Å². The minimum absolute atomic E-state index is 0.175. The van der Waals surface area contributed by atoms with E-state index in [0.29, 0.717) is 11.8 Å². The lowest BCUT2D eigenvalue weighted by molar-refractivity contribution is -0.121. The summed E-state index contributed by atoms with van der Waals surface area (Å²) in [6.07, 6.45) is 6.18. The Balaban J connectivity index is 1.57. The summed E-state index contributed by atoms with van der Waals surface area (Å²) < 4.78 is 25.9. The summed E-state index contributed by atoms with van der Waals surface area (Å²) in [4.78, 5) is 12.2. The number of hydrogen-bond donors (Lipinski definition) is 1. The SMILES string of the molecule is Cc1ccc(S(=O)(=O)N(C)CC(=O)N/N=C2/C[C@@H]3C=CC[C@H]23)cc1. The van der Waals surface area contributed by atoms with E-state index in [1.807, 2.05) is 6.92 Å². The van der Waals surface area contributed by atoms with Gasteiger partial charge in [-0.3, -0.25) is 4.79 Å². The first-order valence-corrected chi connectivity index (χ1v) is 9.37. The number of rotatable bonds is 5. The fourth-order valence-electron chi connectivity index (χ4n) is 3.01. The molecule has 6 nitrogen and oxygen atoms in total. The number of benzene rings is 1. The van der Waals surface area contributed by atoms with Gasteiger partial charge in [0.25, 0.3) is 5.91 Å². The molecule has 0 spiro atoms. The number of nitrogens with zero attached hydrogens (tertiary/aromatic N) is 2. The Hall–Kier alpha value is -1.99. The van der Waals surface area contributed by atoms with Gasteiger partial charge in [-0.05, 0) is 37.8 Å². The topological polar surface area (TPSA) is 78.8 Å². The Kier molecular flexibility index (Phi) is 4.56. The summed E-state index contributed by atoms with van der Waals surface area (Å²) in [6.45, 7) is 1.62. The van der Waals surface area contributed by atoms with Gasteiger partial charge in [0.15, 0.2) is 0 Å². The summed E-state index contributed by atoms with van der Waals surface area (Å²) in [5, 5.41) is 4.15. The van der Waals surface area contributed by atoms with E-state index in [0.717, 1.165) is 28.4 Å². The Morgan fingerprint density at radius 3 is 2.71 bits per heavy atom. The average Bonchev–Trinajstić information content (AvgIpc) is 2.89. The number of likely N-dealkylation sites (N-methyl/N-ethyl adjacent to an activating group) is 1. The predicted octanol–water partition coefficient (Wildman–Crippen LogP) is 1.68. The number of nitrogens with one attached hydrogen (secondary N) is 1. The number of carbonyl (C=O) groups excluding carboxylic acids is 1. The van der Waals surface area contributed by atoms with Crippen molar-refractivity contribution in [3.05, 3.63) is 42.0 Å². The van der Waals surface area contributed by atoms with Crippen molar-refractivity contribution in [3.8, 4) is 0 Å². The molecule has 1 aromatic carbocycles. The monoisotopic (exact) mass is 347 g/mol. The van der Waals surface area contributed by atoms with Crippen molar-refractivity contribution < 1.29 is 13.2 Å². The lowest BCUT2D eigenvalue weighted by atomic mass is 9.74. The third kappa shape index (κ3) is 3.27. The predicted molar refractivity (Wildman–Crippen MR) is 91.9 cm³/mol. The molecule has 128 valence electrons. The molecular weight excluding hydrogens is 326 g/mol. The van der Waals surface area contributed by atoms with Crippen LogP contribution in [0.3, 0.4) is 0 Å². The number of hydrazone groups is 1. The normalized spacial score (nSPS) is 24.0. The van der Waals surface area contributed by atoms with Crippen molar-refractivity contribution in [1.29, 1.82) is 0 Å². The maximum absolute atomic E-state index is 12.4.